The summed E-state index contributed by atoms with van der Waals surface area (Å²) in [5, 5.41) is 0. The Morgan fingerprint density at radius 1 is 1.35 bits per heavy atom. The molecule has 0 atom stereocenters. The Morgan fingerprint density at radius 2 is 2.06 bits per heavy atom. The zero-order valence-electron chi connectivity index (χ0n) is 10.5. The lowest BCUT2D eigenvalue weighted by Crippen LogP contribution is -2.21. The number of carbonyl (C=O) groups is 1. The van der Waals surface area contributed by atoms with Crippen molar-refractivity contribution < 1.29 is 9.21 Å². The predicted octanol–water partition coefficient (Wildman–Crippen LogP) is 2.65. The molecule has 4 heteroatoms. The third-order valence-electron chi connectivity index (χ3n) is 2.67. The summed E-state index contributed by atoms with van der Waals surface area (Å²) in [6, 6.07) is 5.85. The quantitative estimate of drug-likeness (QED) is 0.799. The molecular formula is C13H16N2O2. The summed E-state index contributed by atoms with van der Waals surface area (Å²) in [4.78, 5) is 17.3. The van der Waals surface area contributed by atoms with Crippen LogP contribution >= 0.6 is 0 Å². The second-order valence-corrected chi connectivity index (χ2v) is 4.60. The molecule has 1 aromatic heterocycles. The highest BCUT2D eigenvalue weighted by molar-refractivity contribution is 5.92. The van der Waals surface area contributed by atoms with Crippen LogP contribution in [0, 0.1) is 0 Å². The molecule has 0 spiro atoms. The molecule has 1 aromatic carbocycles. The smallest absolute Gasteiger partial charge is 0.309 e. The number of aromatic nitrogens is 1. The highest BCUT2D eigenvalue weighted by Gasteiger charge is 2.16. The minimum absolute atomic E-state index is 0.144. The molecule has 0 fully saturated rings. The average molecular weight is 232 g/mol. The van der Waals surface area contributed by atoms with Gasteiger partial charge in [0.1, 0.15) is 5.52 Å². The van der Waals surface area contributed by atoms with Crippen LogP contribution in [0.15, 0.2) is 22.6 Å². The number of rotatable bonds is 2. The average Bonchev–Trinajstić information content (AvgIpc) is 2.69. The van der Waals surface area contributed by atoms with Gasteiger partial charge in [0.15, 0.2) is 5.58 Å². The van der Waals surface area contributed by atoms with Gasteiger partial charge in [-0.25, -0.2) is 4.98 Å². The van der Waals surface area contributed by atoms with Crippen LogP contribution in [0.3, 0.4) is 0 Å². The van der Waals surface area contributed by atoms with E-state index in [0.717, 1.165) is 5.52 Å². The van der Waals surface area contributed by atoms with Gasteiger partial charge in [0.2, 0.25) is 0 Å². The maximum absolute atomic E-state index is 11.7. The van der Waals surface area contributed by atoms with Gasteiger partial charge in [-0.3, -0.25) is 4.79 Å². The van der Waals surface area contributed by atoms with Crippen molar-refractivity contribution in [2.24, 2.45) is 0 Å². The van der Waals surface area contributed by atoms with Crippen molar-refractivity contribution in [2.45, 2.75) is 19.8 Å². The van der Waals surface area contributed by atoms with Crippen molar-refractivity contribution in [1.29, 1.82) is 0 Å². The van der Waals surface area contributed by atoms with Crippen molar-refractivity contribution in [2.75, 3.05) is 14.1 Å². The maximum Gasteiger partial charge on any atom is 0.309 e. The van der Waals surface area contributed by atoms with Crippen LogP contribution in [0.2, 0.25) is 0 Å². The number of oxazole rings is 1. The monoisotopic (exact) mass is 232 g/mol. The van der Waals surface area contributed by atoms with Gasteiger partial charge >= 0.3 is 5.91 Å². The molecule has 2 aromatic rings. The van der Waals surface area contributed by atoms with Crippen molar-refractivity contribution >= 4 is 17.0 Å². The van der Waals surface area contributed by atoms with E-state index in [4.69, 9.17) is 4.42 Å². The lowest BCUT2D eigenvalue weighted by Gasteiger charge is -2.05. The molecule has 0 saturated carbocycles. The topological polar surface area (TPSA) is 46.3 Å². The Labute approximate surface area is 100 Å². The van der Waals surface area contributed by atoms with E-state index < -0.39 is 0 Å². The zero-order chi connectivity index (χ0) is 12.6. The number of hydrogen-bond donors (Lipinski definition) is 0. The van der Waals surface area contributed by atoms with Crippen LogP contribution in [0.5, 0.6) is 0 Å². The van der Waals surface area contributed by atoms with Gasteiger partial charge in [-0.15, -0.1) is 0 Å². The van der Waals surface area contributed by atoms with E-state index >= 15 is 0 Å². The molecule has 0 saturated heterocycles. The Hall–Kier alpha value is -1.84. The zero-order valence-corrected chi connectivity index (χ0v) is 10.5. The van der Waals surface area contributed by atoms with Crippen LogP contribution in [0.25, 0.3) is 11.1 Å². The first-order valence-corrected chi connectivity index (χ1v) is 5.61. The lowest BCUT2D eigenvalue weighted by atomic mass is 10.0. The number of amides is 1. The van der Waals surface area contributed by atoms with Crippen molar-refractivity contribution in [1.82, 2.24) is 9.88 Å². The molecule has 90 valence electrons. The molecule has 0 N–H and O–H groups in total. The summed E-state index contributed by atoms with van der Waals surface area (Å²) in [7, 11) is 3.35. The van der Waals surface area contributed by atoms with Gasteiger partial charge in [-0.2, -0.15) is 0 Å². The van der Waals surface area contributed by atoms with Gasteiger partial charge in [0.25, 0.3) is 5.89 Å². The Balaban J connectivity index is 2.47. The highest BCUT2D eigenvalue weighted by Crippen LogP contribution is 2.22. The SMILES string of the molecule is CC(C)c1ccc2nc(C(=O)N(C)C)oc2c1. The van der Waals surface area contributed by atoms with Crippen LogP contribution in [-0.2, 0) is 0 Å². The molecule has 2 rings (SSSR count). The summed E-state index contributed by atoms with van der Waals surface area (Å²) < 4.78 is 5.48. The van der Waals surface area contributed by atoms with E-state index in [-0.39, 0.29) is 11.8 Å². The van der Waals surface area contributed by atoms with Crippen LogP contribution in [0.1, 0.15) is 36.0 Å². The van der Waals surface area contributed by atoms with Gasteiger partial charge in [-0.1, -0.05) is 19.9 Å². The van der Waals surface area contributed by atoms with Crippen LogP contribution in [-0.4, -0.2) is 29.9 Å². The summed E-state index contributed by atoms with van der Waals surface area (Å²) >= 11 is 0. The maximum atomic E-state index is 11.7. The Bertz CT molecular complexity index is 556. The van der Waals surface area contributed by atoms with Gasteiger partial charge in [-0.05, 0) is 23.6 Å². The molecule has 0 radical (unpaired) electrons. The predicted molar refractivity (Wildman–Crippen MR) is 66.1 cm³/mol. The minimum Gasteiger partial charge on any atom is -0.432 e. The molecule has 1 amide bonds. The second kappa shape index (κ2) is 4.20. The number of carbonyl (C=O) groups excluding carboxylic acids is 1. The molecule has 0 bridgehead atoms. The number of hydrogen-bond acceptors (Lipinski definition) is 3. The fourth-order valence-electron chi connectivity index (χ4n) is 1.58. The number of benzene rings is 1. The first-order valence-electron chi connectivity index (χ1n) is 5.61. The summed E-state index contributed by atoms with van der Waals surface area (Å²) in [5.41, 5.74) is 2.57. The lowest BCUT2D eigenvalue weighted by molar-refractivity contribution is 0.0791. The van der Waals surface area contributed by atoms with E-state index in [2.05, 4.69) is 18.8 Å². The highest BCUT2D eigenvalue weighted by atomic mass is 16.4. The third kappa shape index (κ3) is 2.16. The van der Waals surface area contributed by atoms with E-state index in [0.29, 0.717) is 11.5 Å². The Morgan fingerprint density at radius 3 is 2.65 bits per heavy atom. The van der Waals surface area contributed by atoms with E-state index in [9.17, 15) is 4.79 Å². The van der Waals surface area contributed by atoms with Crippen LogP contribution < -0.4 is 0 Å². The molecule has 4 nitrogen and oxygen atoms in total. The second-order valence-electron chi connectivity index (χ2n) is 4.60. The largest absolute Gasteiger partial charge is 0.432 e. The van der Waals surface area contributed by atoms with E-state index in [1.807, 2.05) is 18.2 Å². The number of fused-ring (bicyclic) bond motifs is 1. The minimum atomic E-state index is -0.215. The van der Waals surface area contributed by atoms with Crippen molar-refractivity contribution in [3.05, 3.63) is 29.7 Å². The standard InChI is InChI=1S/C13H16N2O2/c1-8(2)9-5-6-10-11(7-9)17-12(14-10)13(16)15(3)4/h5-8H,1-4H3. The summed E-state index contributed by atoms with van der Waals surface area (Å²) in [5.74, 6) is 0.357. The molecule has 0 aliphatic carbocycles. The van der Waals surface area contributed by atoms with Gasteiger partial charge < -0.3 is 9.32 Å². The molecule has 0 aliphatic rings. The van der Waals surface area contributed by atoms with E-state index in [1.54, 1.807) is 14.1 Å². The first kappa shape index (κ1) is 11.6. The van der Waals surface area contributed by atoms with E-state index in [1.165, 1.54) is 10.5 Å². The molecule has 1 heterocycles. The van der Waals surface area contributed by atoms with Gasteiger partial charge in [0, 0.05) is 14.1 Å². The summed E-state index contributed by atoms with van der Waals surface area (Å²) in [6.45, 7) is 4.23. The Kier molecular flexibility index (Phi) is 2.88. The van der Waals surface area contributed by atoms with Crippen molar-refractivity contribution in [3.63, 3.8) is 0 Å². The fourth-order valence-corrected chi connectivity index (χ4v) is 1.58. The fraction of sp³-hybridized carbons (Fsp3) is 0.385. The molecular weight excluding hydrogens is 216 g/mol. The number of nitrogens with zero attached hydrogens (tertiary/aromatic N) is 2. The van der Waals surface area contributed by atoms with Gasteiger partial charge in [0.05, 0.1) is 0 Å². The molecule has 0 unspecified atom stereocenters. The van der Waals surface area contributed by atoms with Crippen LogP contribution in [0.4, 0.5) is 0 Å². The molecule has 0 aliphatic heterocycles. The van der Waals surface area contributed by atoms with Crippen molar-refractivity contribution in [3.8, 4) is 0 Å². The molecule has 17 heavy (non-hydrogen) atoms. The third-order valence-corrected chi connectivity index (χ3v) is 2.67. The normalized spacial score (nSPS) is 11.1. The first-order chi connectivity index (χ1) is 7.99. The summed E-state index contributed by atoms with van der Waals surface area (Å²) in [6.07, 6.45) is 0.